The van der Waals surface area contributed by atoms with Gasteiger partial charge >= 0.3 is 5.97 Å². The van der Waals surface area contributed by atoms with Crippen molar-refractivity contribution in [2.75, 3.05) is 11.9 Å². The van der Waals surface area contributed by atoms with Gasteiger partial charge in [0.2, 0.25) is 11.1 Å². The molecule has 2 aromatic carbocycles. The third kappa shape index (κ3) is 5.20. The molecule has 0 fully saturated rings. The first-order chi connectivity index (χ1) is 16.3. The summed E-state index contributed by atoms with van der Waals surface area (Å²) in [5.74, 6) is 1.08. The number of allylic oxidation sites excluding steroid dienone is 1. The molecule has 0 amide bonds. The number of ether oxygens (including phenoxy) is 1. The van der Waals surface area contributed by atoms with Gasteiger partial charge in [0.1, 0.15) is 6.04 Å². The average Bonchev–Trinajstić information content (AvgIpc) is 3.23. The van der Waals surface area contributed by atoms with E-state index in [1.165, 1.54) is 11.1 Å². The molecule has 0 radical (unpaired) electrons. The van der Waals surface area contributed by atoms with Crippen LogP contribution in [-0.2, 0) is 20.7 Å². The highest BCUT2D eigenvalue weighted by molar-refractivity contribution is 7.98. The molecule has 1 N–H and O–H groups in total. The Morgan fingerprint density at radius 1 is 1.12 bits per heavy atom. The third-order valence-electron chi connectivity index (χ3n) is 5.79. The second-order valence-corrected chi connectivity index (χ2v) is 10.5. The summed E-state index contributed by atoms with van der Waals surface area (Å²) in [5.41, 5.74) is 4.77. The van der Waals surface area contributed by atoms with E-state index in [0.717, 1.165) is 23.4 Å². The van der Waals surface area contributed by atoms with Crippen molar-refractivity contribution < 1.29 is 9.53 Å². The first kappa shape index (κ1) is 24.1. The maximum absolute atomic E-state index is 13.1. The van der Waals surface area contributed by atoms with Gasteiger partial charge in [-0.15, -0.1) is 5.10 Å². The second-order valence-electron chi connectivity index (χ2n) is 9.51. The topological polar surface area (TPSA) is 69.0 Å². The minimum absolute atomic E-state index is 0.0426. The van der Waals surface area contributed by atoms with E-state index in [2.05, 4.69) is 62.5 Å². The van der Waals surface area contributed by atoms with Crippen LogP contribution in [0, 0.1) is 0 Å². The molecule has 6 nitrogen and oxygen atoms in total. The van der Waals surface area contributed by atoms with Crippen molar-refractivity contribution in [1.82, 2.24) is 14.8 Å². The molecule has 0 spiro atoms. The van der Waals surface area contributed by atoms with Crippen LogP contribution in [-0.4, -0.2) is 27.3 Å². The second kappa shape index (κ2) is 10.1. The molecule has 1 aliphatic heterocycles. The first-order valence-electron chi connectivity index (χ1n) is 11.7. The van der Waals surface area contributed by atoms with Gasteiger partial charge in [-0.25, -0.2) is 9.48 Å². The summed E-state index contributed by atoms with van der Waals surface area (Å²) in [7, 11) is 0. The number of esters is 1. The largest absolute Gasteiger partial charge is 0.462 e. The van der Waals surface area contributed by atoms with Crippen molar-refractivity contribution in [2.45, 2.75) is 63.4 Å². The van der Waals surface area contributed by atoms with E-state index >= 15 is 0 Å². The summed E-state index contributed by atoms with van der Waals surface area (Å²) in [6, 6.07) is 18.3. The maximum atomic E-state index is 13.1. The van der Waals surface area contributed by atoms with E-state index in [4.69, 9.17) is 14.8 Å². The van der Waals surface area contributed by atoms with Gasteiger partial charge < -0.3 is 10.1 Å². The van der Waals surface area contributed by atoms with Crippen molar-refractivity contribution in [3.05, 3.63) is 82.6 Å². The van der Waals surface area contributed by atoms with E-state index in [0.29, 0.717) is 23.3 Å². The van der Waals surface area contributed by atoms with Gasteiger partial charge in [-0.2, -0.15) is 4.98 Å². The SMILES string of the molecule is CCCOC(=O)C1=C(C)Nc2nc(SCc3ccccc3)nn2C1c1ccc(C(C)(C)C)cc1. The molecule has 0 aliphatic carbocycles. The van der Waals surface area contributed by atoms with Gasteiger partial charge in [-0.05, 0) is 35.4 Å². The molecule has 1 aliphatic rings. The summed E-state index contributed by atoms with van der Waals surface area (Å²) >= 11 is 1.58. The van der Waals surface area contributed by atoms with Gasteiger partial charge in [0.05, 0.1) is 12.2 Å². The Hall–Kier alpha value is -3.06. The molecule has 3 aromatic rings. The van der Waals surface area contributed by atoms with Crippen molar-refractivity contribution >= 4 is 23.7 Å². The van der Waals surface area contributed by atoms with Gasteiger partial charge in [0.25, 0.3) is 0 Å². The molecular formula is C27H32N4O2S. The van der Waals surface area contributed by atoms with E-state index in [-0.39, 0.29) is 11.4 Å². The molecule has 4 rings (SSSR count). The normalized spacial score (nSPS) is 15.6. The van der Waals surface area contributed by atoms with Crippen LogP contribution in [0.15, 0.2) is 71.0 Å². The average molecular weight is 477 g/mol. The van der Waals surface area contributed by atoms with Crippen molar-refractivity contribution in [1.29, 1.82) is 0 Å². The fourth-order valence-electron chi connectivity index (χ4n) is 3.93. The Kier molecular flexibility index (Phi) is 7.12. The van der Waals surface area contributed by atoms with Gasteiger partial charge in [0, 0.05) is 11.4 Å². The molecule has 1 aromatic heterocycles. The summed E-state index contributed by atoms with van der Waals surface area (Å²) in [6.07, 6.45) is 0.769. The molecule has 1 unspecified atom stereocenters. The van der Waals surface area contributed by atoms with E-state index in [1.807, 2.05) is 36.7 Å². The van der Waals surface area contributed by atoms with Crippen LogP contribution < -0.4 is 5.32 Å². The van der Waals surface area contributed by atoms with Gasteiger partial charge in [0.15, 0.2) is 0 Å². The predicted molar refractivity (Wildman–Crippen MR) is 137 cm³/mol. The Morgan fingerprint density at radius 3 is 2.47 bits per heavy atom. The lowest BCUT2D eigenvalue weighted by Crippen LogP contribution is -2.30. The molecule has 0 saturated carbocycles. The standard InChI is InChI=1S/C27H32N4O2S/c1-6-16-33-24(32)22-18(2)28-25-29-26(34-17-19-10-8-7-9-11-19)30-31(25)23(22)20-12-14-21(15-13-20)27(3,4)5/h7-15,23H,6,16-17H2,1-5H3,(H,28,29,30). The zero-order valence-corrected chi connectivity index (χ0v) is 21.3. The van der Waals surface area contributed by atoms with Crippen LogP contribution in [0.2, 0.25) is 0 Å². The lowest BCUT2D eigenvalue weighted by molar-refractivity contribution is -0.139. The number of carbonyl (C=O) groups is 1. The maximum Gasteiger partial charge on any atom is 0.338 e. The molecule has 7 heteroatoms. The summed E-state index contributed by atoms with van der Waals surface area (Å²) in [5, 5.41) is 8.75. The number of nitrogens with one attached hydrogen (secondary N) is 1. The number of fused-ring (bicyclic) bond motifs is 1. The highest BCUT2D eigenvalue weighted by atomic mass is 32.2. The molecule has 0 saturated heterocycles. The summed E-state index contributed by atoms with van der Waals surface area (Å²) in [6.45, 7) is 10.8. The van der Waals surface area contributed by atoms with Crippen LogP contribution in [0.4, 0.5) is 5.95 Å². The minimum atomic E-state index is -0.409. The summed E-state index contributed by atoms with van der Waals surface area (Å²) in [4.78, 5) is 17.8. The van der Waals surface area contributed by atoms with E-state index < -0.39 is 6.04 Å². The number of anilines is 1. The zero-order valence-electron chi connectivity index (χ0n) is 20.5. The number of carbonyl (C=O) groups excluding carboxylic acids is 1. The van der Waals surface area contributed by atoms with Crippen molar-refractivity contribution in [3.63, 3.8) is 0 Å². The van der Waals surface area contributed by atoms with E-state index in [9.17, 15) is 4.79 Å². The Balaban J connectivity index is 1.70. The molecule has 34 heavy (non-hydrogen) atoms. The monoisotopic (exact) mass is 476 g/mol. The Bertz CT molecular complexity index is 1180. The van der Waals surface area contributed by atoms with Gasteiger partial charge in [-0.3, -0.25) is 0 Å². The lowest BCUT2D eigenvalue weighted by Gasteiger charge is -2.28. The highest BCUT2D eigenvalue weighted by Crippen LogP contribution is 2.37. The van der Waals surface area contributed by atoms with Crippen LogP contribution in [0.25, 0.3) is 0 Å². The molecule has 0 bridgehead atoms. The number of thioether (sulfide) groups is 1. The van der Waals surface area contributed by atoms with Crippen molar-refractivity contribution in [2.24, 2.45) is 0 Å². The van der Waals surface area contributed by atoms with Crippen molar-refractivity contribution in [3.8, 4) is 0 Å². The Labute approximate surface area is 205 Å². The van der Waals surface area contributed by atoms with Crippen LogP contribution in [0.1, 0.15) is 63.8 Å². The lowest BCUT2D eigenvalue weighted by atomic mass is 9.85. The predicted octanol–water partition coefficient (Wildman–Crippen LogP) is 6.11. The zero-order chi connectivity index (χ0) is 24.3. The smallest absolute Gasteiger partial charge is 0.338 e. The first-order valence-corrected chi connectivity index (χ1v) is 12.6. The number of nitrogens with zero attached hydrogens (tertiary/aromatic N) is 3. The quantitative estimate of drug-likeness (QED) is 0.328. The molecular weight excluding hydrogens is 444 g/mol. The fourth-order valence-corrected chi connectivity index (χ4v) is 4.71. The third-order valence-corrected chi connectivity index (χ3v) is 6.70. The fraction of sp³-hybridized carbons (Fsp3) is 0.370. The number of rotatable bonds is 7. The van der Waals surface area contributed by atoms with Crippen LogP contribution >= 0.6 is 11.8 Å². The highest BCUT2D eigenvalue weighted by Gasteiger charge is 2.35. The molecule has 2 heterocycles. The van der Waals surface area contributed by atoms with Crippen LogP contribution in [0.3, 0.4) is 0 Å². The number of benzene rings is 2. The summed E-state index contributed by atoms with van der Waals surface area (Å²) < 4.78 is 7.37. The molecule has 178 valence electrons. The Morgan fingerprint density at radius 2 is 1.82 bits per heavy atom. The number of hydrogen-bond donors (Lipinski definition) is 1. The number of hydrogen-bond acceptors (Lipinski definition) is 6. The van der Waals surface area contributed by atoms with E-state index in [1.54, 1.807) is 11.8 Å². The minimum Gasteiger partial charge on any atom is -0.462 e. The molecule has 1 atom stereocenters. The van der Waals surface area contributed by atoms with Gasteiger partial charge in [-0.1, -0.05) is 94.1 Å². The number of aromatic nitrogens is 3. The van der Waals surface area contributed by atoms with Crippen LogP contribution in [0.5, 0.6) is 0 Å².